The van der Waals surface area contributed by atoms with Crippen molar-refractivity contribution in [3.05, 3.63) is 0 Å². The van der Waals surface area contributed by atoms with Crippen molar-refractivity contribution in [2.45, 2.75) is 19.3 Å². The molecule has 0 aromatic heterocycles. The molecule has 1 aliphatic rings. The zero-order chi connectivity index (χ0) is 9.56. The van der Waals surface area contributed by atoms with E-state index in [0.717, 1.165) is 12.8 Å². The van der Waals surface area contributed by atoms with Crippen molar-refractivity contribution in [3.8, 4) is 0 Å². The molecule has 0 radical (unpaired) electrons. The van der Waals surface area contributed by atoms with Gasteiger partial charge in [0.2, 0.25) is 0 Å². The molecular formula is C7H13NO4. The molecule has 1 saturated carbocycles. The third-order valence-corrected chi connectivity index (χ3v) is 1.65. The third-order valence-electron chi connectivity index (χ3n) is 1.65. The lowest BCUT2D eigenvalue weighted by molar-refractivity contribution is -0.121. The molecule has 0 spiro atoms. The van der Waals surface area contributed by atoms with Gasteiger partial charge in [-0.3, -0.25) is 4.79 Å². The summed E-state index contributed by atoms with van der Waals surface area (Å²) < 4.78 is 0. The van der Waals surface area contributed by atoms with Gasteiger partial charge in [-0.15, -0.1) is 0 Å². The second-order valence-electron chi connectivity index (χ2n) is 2.58. The number of primary amides is 1. The molecule has 0 saturated heterocycles. The fourth-order valence-electron chi connectivity index (χ4n) is 1.08. The van der Waals surface area contributed by atoms with Gasteiger partial charge in [0.15, 0.2) is 0 Å². The summed E-state index contributed by atoms with van der Waals surface area (Å²) in [7, 11) is 0. The number of hydrogen-bond acceptors (Lipinski definition) is 3. The predicted octanol–water partition coefficient (Wildman–Crippen LogP) is -0.0290. The summed E-state index contributed by atoms with van der Waals surface area (Å²) in [6.07, 6.45) is 1.23. The van der Waals surface area contributed by atoms with Crippen LogP contribution in [-0.2, 0) is 4.79 Å². The number of amides is 1. The maximum Gasteiger partial charge on any atom is 0.402 e. The van der Waals surface area contributed by atoms with Crippen LogP contribution in [-0.4, -0.2) is 28.7 Å². The van der Waals surface area contributed by atoms with Crippen molar-refractivity contribution in [3.63, 3.8) is 0 Å². The van der Waals surface area contributed by atoms with Crippen molar-refractivity contribution >= 4 is 11.9 Å². The topological polar surface area (TPSA) is 101 Å². The Morgan fingerprint density at radius 1 is 1.67 bits per heavy atom. The van der Waals surface area contributed by atoms with Crippen LogP contribution >= 0.6 is 0 Å². The molecule has 5 nitrogen and oxygen atoms in total. The Bertz CT molecular complexity index is 165. The number of nitrogens with two attached hydrogens (primary N) is 1. The molecule has 0 aromatic rings. The number of aliphatic hydroxyl groups is 1. The van der Waals surface area contributed by atoms with E-state index in [1.807, 2.05) is 0 Å². The van der Waals surface area contributed by atoms with E-state index in [1.54, 1.807) is 0 Å². The maximum absolute atomic E-state index is 10.6. The average molecular weight is 175 g/mol. The smallest absolute Gasteiger partial charge is 0.402 e. The van der Waals surface area contributed by atoms with E-state index in [2.05, 4.69) is 5.73 Å². The minimum absolute atomic E-state index is 0.0185. The Morgan fingerprint density at radius 3 is 2.33 bits per heavy atom. The Balaban J connectivity index is 0.000000261. The zero-order valence-corrected chi connectivity index (χ0v) is 6.69. The first-order chi connectivity index (χ1) is 5.57. The lowest BCUT2D eigenvalue weighted by Crippen LogP contribution is -2.09. The highest BCUT2D eigenvalue weighted by molar-refractivity contribution is 5.82. The molecule has 0 heterocycles. The second kappa shape index (κ2) is 5.54. The van der Waals surface area contributed by atoms with Crippen LogP contribution in [0.3, 0.4) is 0 Å². The number of carbonyl (C=O) groups is 2. The number of ketones is 1. The summed E-state index contributed by atoms with van der Waals surface area (Å²) in [5, 5.41) is 15.7. The van der Waals surface area contributed by atoms with E-state index in [4.69, 9.17) is 15.0 Å². The molecule has 1 unspecified atom stereocenters. The first-order valence-electron chi connectivity index (χ1n) is 3.70. The van der Waals surface area contributed by atoms with E-state index in [-0.39, 0.29) is 18.3 Å². The Hall–Kier alpha value is -1.10. The summed E-state index contributed by atoms with van der Waals surface area (Å²) in [4.78, 5) is 19.4. The van der Waals surface area contributed by atoms with Gasteiger partial charge in [0.25, 0.3) is 0 Å². The number of Topliss-reactive ketones (excluding diaryl/α,β-unsaturated/α-hetero) is 1. The van der Waals surface area contributed by atoms with Gasteiger partial charge >= 0.3 is 6.09 Å². The quantitative estimate of drug-likeness (QED) is 0.521. The third kappa shape index (κ3) is 4.68. The van der Waals surface area contributed by atoms with Crippen molar-refractivity contribution in [1.82, 2.24) is 0 Å². The lowest BCUT2D eigenvalue weighted by Gasteiger charge is -1.98. The molecule has 12 heavy (non-hydrogen) atoms. The molecule has 1 aliphatic carbocycles. The monoisotopic (exact) mass is 175 g/mol. The van der Waals surface area contributed by atoms with Crippen LogP contribution in [0, 0.1) is 5.92 Å². The number of carbonyl (C=O) groups excluding carboxylic acids is 1. The standard InChI is InChI=1S/C6H10O2.CH3NO2/c7-4-5-2-1-3-6(5)8;2-1(3)4/h5,7H,1-4H2;2H2,(H,3,4). The van der Waals surface area contributed by atoms with Crippen molar-refractivity contribution < 1.29 is 19.8 Å². The molecule has 1 rings (SSSR count). The zero-order valence-electron chi connectivity index (χ0n) is 6.69. The van der Waals surface area contributed by atoms with E-state index < -0.39 is 6.09 Å². The van der Waals surface area contributed by atoms with Gasteiger partial charge in [-0.2, -0.15) is 0 Å². The van der Waals surface area contributed by atoms with Gasteiger partial charge in [0.05, 0.1) is 6.61 Å². The number of carboxylic acid groups (broad SMARTS) is 1. The van der Waals surface area contributed by atoms with Gasteiger partial charge in [-0.25, -0.2) is 4.79 Å². The molecule has 1 atom stereocenters. The van der Waals surface area contributed by atoms with E-state index >= 15 is 0 Å². The van der Waals surface area contributed by atoms with Gasteiger partial charge in [-0.05, 0) is 12.8 Å². The molecule has 5 heteroatoms. The predicted molar refractivity (Wildman–Crippen MR) is 41.6 cm³/mol. The van der Waals surface area contributed by atoms with Crippen LogP contribution in [0.5, 0.6) is 0 Å². The first kappa shape index (κ1) is 10.9. The van der Waals surface area contributed by atoms with E-state index in [9.17, 15) is 4.79 Å². The Labute approximate surface area is 70.2 Å². The summed E-state index contributed by atoms with van der Waals surface area (Å²) in [6, 6.07) is 0. The van der Waals surface area contributed by atoms with Crippen LogP contribution in [0.4, 0.5) is 4.79 Å². The highest BCUT2D eigenvalue weighted by atomic mass is 16.4. The molecule has 0 bridgehead atoms. The second-order valence-corrected chi connectivity index (χ2v) is 2.58. The summed E-state index contributed by atoms with van der Waals surface area (Å²) >= 11 is 0. The molecule has 70 valence electrons. The summed E-state index contributed by atoms with van der Waals surface area (Å²) in [5.74, 6) is 0.225. The Morgan fingerprint density at radius 2 is 2.17 bits per heavy atom. The Kier molecular flexibility index (Phi) is 5.03. The minimum Gasteiger partial charge on any atom is -0.465 e. The fourth-order valence-corrected chi connectivity index (χ4v) is 1.08. The van der Waals surface area contributed by atoms with Gasteiger partial charge < -0.3 is 15.9 Å². The average Bonchev–Trinajstić information content (AvgIpc) is 2.33. The molecule has 4 N–H and O–H groups in total. The van der Waals surface area contributed by atoms with Crippen molar-refractivity contribution in [1.29, 1.82) is 0 Å². The van der Waals surface area contributed by atoms with Crippen LogP contribution in [0.25, 0.3) is 0 Å². The SMILES string of the molecule is NC(=O)O.O=C1CCCC1CO. The largest absolute Gasteiger partial charge is 0.465 e. The number of aliphatic hydroxyl groups excluding tert-OH is 1. The summed E-state index contributed by atoms with van der Waals surface area (Å²) in [5.41, 5.74) is 4.03. The molecule has 0 aromatic carbocycles. The van der Waals surface area contributed by atoms with Crippen LogP contribution in [0.15, 0.2) is 0 Å². The first-order valence-corrected chi connectivity index (χ1v) is 3.70. The normalized spacial score (nSPS) is 21.4. The van der Waals surface area contributed by atoms with Crippen LogP contribution < -0.4 is 5.73 Å². The summed E-state index contributed by atoms with van der Waals surface area (Å²) in [6.45, 7) is 0.0544. The van der Waals surface area contributed by atoms with Crippen LogP contribution in [0.1, 0.15) is 19.3 Å². The highest BCUT2D eigenvalue weighted by Crippen LogP contribution is 2.19. The fraction of sp³-hybridized carbons (Fsp3) is 0.714. The van der Waals surface area contributed by atoms with E-state index in [0.29, 0.717) is 6.42 Å². The molecular weight excluding hydrogens is 162 g/mol. The van der Waals surface area contributed by atoms with Crippen molar-refractivity contribution in [2.24, 2.45) is 11.7 Å². The van der Waals surface area contributed by atoms with Gasteiger partial charge in [0, 0.05) is 12.3 Å². The molecule has 1 fully saturated rings. The van der Waals surface area contributed by atoms with Crippen molar-refractivity contribution in [2.75, 3.05) is 6.61 Å². The maximum atomic E-state index is 10.6. The van der Waals surface area contributed by atoms with Gasteiger partial charge in [-0.1, -0.05) is 0 Å². The molecule has 1 amide bonds. The highest BCUT2D eigenvalue weighted by Gasteiger charge is 2.22. The lowest BCUT2D eigenvalue weighted by atomic mass is 10.1. The number of hydrogen-bond donors (Lipinski definition) is 3. The molecule has 0 aliphatic heterocycles. The number of rotatable bonds is 1. The van der Waals surface area contributed by atoms with E-state index in [1.165, 1.54) is 0 Å². The van der Waals surface area contributed by atoms with Crippen LogP contribution in [0.2, 0.25) is 0 Å². The van der Waals surface area contributed by atoms with Gasteiger partial charge in [0.1, 0.15) is 5.78 Å². The minimum atomic E-state index is -1.33.